The van der Waals surface area contributed by atoms with Gasteiger partial charge in [0, 0.05) is 11.4 Å². The van der Waals surface area contributed by atoms with Gasteiger partial charge in [0.05, 0.1) is 0 Å². The summed E-state index contributed by atoms with van der Waals surface area (Å²) in [6.45, 7) is 8.79. The van der Waals surface area contributed by atoms with E-state index in [1.807, 2.05) is 6.92 Å². The second-order valence-electron chi connectivity index (χ2n) is 8.23. The molecule has 2 aliphatic rings. The van der Waals surface area contributed by atoms with Gasteiger partial charge in [0.2, 0.25) is 0 Å². The van der Waals surface area contributed by atoms with Crippen LogP contribution >= 0.6 is 0 Å². The van der Waals surface area contributed by atoms with Crippen LogP contribution in [0.1, 0.15) is 82.4 Å². The number of aliphatic carboxylic acids is 1. The average Bonchev–Trinajstić information content (AvgIpc) is 2.52. The summed E-state index contributed by atoms with van der Waals surface area (Å²) < 4.78 is 0. The molecule has 0 amide bonds. The minimum Gasteiger partial charge on any atom is -0.550 e. The van der Waals surface area contributed by atoms with Crippen LogP contribution in [0.15, 0.2) is 18.2 Å². The second-order valence-corrected chi connectivity index (χ2v) is 8.23. The summed E-state index contributed by atoms with van der Waals surface area (Å²) >= 11 is 0. The summed E-state index contributed by atoms with van der Waals surface area (Å²) in [6, 6.07) is 6.90. The molecule has 3 heteroatoms. The number of carbonyl (C=O) groups excluding carboxylic acids is 1. The third-order valence-corrected chi connectivity index (χ3v) is 6.91. The summed E-state index contributed by atoms with van der Waals surface area (Å²) in [7, 11) is 0. The molecule has 1 fully saturated rings. The third kappa shape index (κ3) is 3.09. The SMILES string of the molecule is CC[C@]1(C(=O)[O-])CCC[C@]2(C)c3ccc(C(C)C)cc3CC[C@@H]12.[K+]. The summed E-state index contributed by atoms with van der Waals surface area (Å²) in [5.74, 6) is -0.0792. The van der Waals surface area contributed by atoms with Crippen molar-refractivity contribution in [2.24, 2.45) is 11.3 Å². The van der Waals surface area contributed by atoms with E-state index in [4.69, 9.17) is 0 Å². The largest absolute Gasteiger partial charge is 1.00 e. The monoisotopic (exact) mass is 352 g/mol. The first kappa shape index (κ1) is 20.6. The molecular weight excluding hydrogens is 323 g/mol. The van der Waals surface area contributed by atoms with Gasteiger partial charge in [0.25, 0.3) is 0 Å². The molecule has 3 atom stereocenters. The van der Waals surface area contributed by atoms with Crippen LogP contribution in [-0.2, 0) is 16.6 Å². The molecule has 126 valence electrons. The van der Waals surface area contributed by atoms with Crippen molar-refractivity contribution >= 4 is 5.97 Å². The van der Waals surface area contributed by atoms with Crippen LogP contribution in [0.5, 0.6) is 0 Å². The maximum atomic E-state index is 12.0. The van der Waals surface area contributed by atoms with Gasteiger partial charge < -0.3 is 9.90 Å². The number of carbonyl (C=O) groups is 1. The summed E-state index contributed by atoms with van der Waals surface area (Å²) in [6.07, 6.45) is 5.54. The van der Waals surface area contributed by atoms with Crippen molar-refractivity contribution in [3.63, 3.8) is 0 Å². The van der Waals surface area contributed by atoms with Crippen molar-refractivity contribution < 1.29 is 61.3 Å². The predicted octanol–water partition coefficient (Wildman–Crippen LogP) is 0.964. The Kier molecular flexibility index (Phi) is 6.46. The van der Waals surface area contributed by atoms with Gasteiger partial charge in [-0.2, -0.15) is 0 Å². The smallest absolute Gasteiger partial charge is 0.550 e. The van der Waals surface area contributed by atoms with Crippen molar-refractivity contribution in [1.29, 1.82) is 0 Å². The third-order valence-electron chi connectivity index (χ3n) is 6.91. The Bertz CT molecular complexity index is 624. The first-order chi connectivity index (χ1) is 10.8. The van der Waals surface area contributed by atoms with Crippen molar-refractivity contribution in [3.8, 4) is 0 Å². The molecule has 0 saturated heterocycles. The molecule has 2 aliphatic carbocycles. The zero-order chi connectivity index (χ0) is 16.8. The predicted molar refractivity (Wildman–Crippen MR) is 91.3 cm³/mol. The van der Waals surface area contributed by atoms with Crippen LogP contribution in [-0.4, -0.2) is 5.97 Å². The van der Waals surface area contributed by atoms with E-state index in [0.29, 0.717) is 12.3 Å². The molecule has 0 N–H and O–H groups in total. The minimum absolute atomic E-state index is 0. The fourth-order valence-corrected chi connectivity index (χ4v) is 5.50. The molecule has 0 unspecified atom stereocenters. The fraction of sp³-hybridized carbons (Fsp3) is 0.667. The Balaban J connectivity index is 0.00000208. The van der Waals surface area contributed by atoms with Gasteiger partial charge in [-0.25, -0.2) is 0 Å². The number of benzene rings is 1. The number of carboxylic acids is 1. The standard InChI is InChI=1S/C21H30O2.K/c1-5-21(19(22)23)12-6-11-20(4)17-9-7-15(14(2)3)13-16(17)8-10-18(20)21;/h7,9,13-14,18H,5-6,8,10-12H2,1-4H3,(H,22,23);/q;+1/p-1/t18-,20-,21+;/m1./s1. The van der Waals surface area contributed by atoms with Gasteiger partial charge >= 0.3 is 51.4 Å². The number of aryl methyl sites for hydroxylation is 1. The van der Waals surface area contributed by atoms with E-state index in [1.54, 1.807) is 0 Å². The van der Waals surface area contributed by atoms with E-state index in [1.165, 1.54) is 16.7 Å². The molecule has 1 saturated carbocycles. The average molecular weight is 353 g/mol. The number of hydrogen-bond donors (Lipinski definition) is 0. The maximum Gasteiger partial charge on any atom is 1.00 e. The van der Waals surface area contributed by atoms with Crippen LogP contribution < -0.4 is 56.5 Å². The minimum atomic E-state index is -0.821. The quantitative estimate of drug-likeness (QED) is 0.761. The van der Waals surface area contributed by atoms with E-state index in [0.717, 1.165) is 32.1 Å². The summed E-state index contributed by atoms with van der Waals surface area (Å²) in [5.41, 5.74) is 3.58. The Hall–Kier alpha value is 0.326. The normalized spacial score (nSPS) is 31.8. The zero-order valence-corrected chi connectivity index (χ0v) is 19.1. The molecule has 0 aromatic heterocycles. The van der Waals surface area contributed by atoms with Crippen molar-refractivity contribution in [1.82, 2.24) is 0 Å². The molecule has 0 bridgehead atoms. The van der Waals surface area contributed by atoms with E-state index >= 15 is 0 Å². The molecule has 1 aromatic carbocycles. The number of carboxylic acid groups (broad SMARTS) is 1. The van der Waals surface area contributed by atoms with Gasteiger partial charge in [-0.15, -0.1) is 0 Å². The molecule has 1 aromatic rings. The van der Waals surface area contributed by atoms with Crippen LogP contribution in [0.2, 0.25) is 0 Å². The topological polar surface area (TPSA) is 40.1 Å². The van der Waals surface area contributed by atoms with E-state index in [-0.39, 0.29) is 62.7 Å². The molecule has 0 aliphatic heterocycles. The van der Waals surface area contributed by atoms with E-state index < -0.39 is 11.4 Å². The van der Waals surface area contributed by atoms with Crippen LogP contribution in [0.4, 0.5) is 0 Å². The van der Waals surface area contributed by atoms with Crippen molar-refractivity contribution in [3.05, 3.63) is 34.9 Å². The first-order valence-electron chi connectivity index (χ1n) is 9.20. The molecule has 0 heterocycles. The van der Waals surface area contributed by atoms with Crippen LogP contribution in [0, 0.1) is 11.3 Å². The Morgan fingerprint density at radius 2 is 2.04 bits per heavy atom. The molecular formula is C21H29KO2. The van der Waals surface area contributed by atoms with Crippen molar-refractivity contribution in [2.75, 3.05) is 0 Å². The zero-order valence-electron chi connectivity index (χ0n) is 15.9. The molecule has 0 radical (unpaired) electrons. The number of rotatable bonds is 3. The van der Waals surface area contributed by atoms with Gasteiger partial charge in [0.15, 0.2) is 0 Å². The van der Waals surface area contributed by atoms with Gasteiger partial charge in [0.1, 0.15) is 0 Å². The number of fused-ring (bicyclic) bond motifs is 3. The second kappa shape index (κ2) is 7.52. The summed E-state index contributed by atoms with van der Waals surface area (Å²) in [5, 5.41) is 12.0. The van der Waals surface area contributed by atoms with Crippen LogP contribution in [0.3, 0.4) is 0 Å². The molecule has 24 heavy (non-hydrogen) atoms. The van der Waals surface area contributed by atoms with Gasteiger partial charge in [-0.1, -0.05) is 52.3 Å². The molecule has 3 rings (SSSR count). The van der Waals surface area contributed by atoms with Gasteiger partial charge in [-0.05, 0) is 66.0 Å². The van der Waals surface area contributed by atoms with E-state index in [9.17, 15) is 9.90 Å². The Labute approximate surface area is 189 Å². The molecule has 2 nitrogen and oxygen atoms in total. The van der Waals surface area contributed by atoms with Gasteiger partial charge in [-0.3, -0.25) is 0 Å². The van der Waals surface area contributed by atoms with E-state index in [2.05, 4.69) is 39.0 Å². The fourth-order valence-electron chi connectivity index (χ4n) is 5.50. The Morgan fingerprint density at radius 1 is 1.33 bits per heavy atom. The number of hydrogen-bond acceptors (Lipinski definition) is 2. The summed E-state index contributed by atoms with van der Waals surface area (Å²) in [4.78, 5) is 12.0. The maximum absolute atomic E-state index is 12.0. The van der Waals surface area contributed by atoms with Crippen molar-refractivity contribution in [2.45, 2.75) is 77.6 Å². The Morgan fingerprint density at radius 3 is 2.62 bits per heavy atom. The van der Waals surface area contributed by atoms with Crippen LogP contribution in [0.25, 0.3) is 0 Å². The molecule has 0 spiro atoms. The first-order valence-corrected chi connectivity index (χ1v) is 9.20.